The molecule has 0 saturated heterocycles. The molecule has 1 atom stereocenters. The molecule has 0 N–H and O–H groups in total. The molecule has 0 aromatic rings. The minimum Gasteiger partial charge on any atom is -0.255 e. The number of amidine groups is 2. The highest BCUT2D eigenvalue weighted by atomic mass is 35.5. The van der Waals surface area contributed by atoms with Crippen LogP contribution in [0.4, 0.5) is 13.2 Å². The van der Waals surface area contributed by atoms with Crippen LogP contribution in [0.15, 0.2) is 20.0 Å². The van der Waals surface area contributed by atoms with E-state index in [1.807, 2.05) is 0 Å². The van der Waals surface area contributed by atoms with Crippen LogP contribution in [0.2, 0.25) is 0 Å². The highest BCUT2D eigenvalue weighted by molar-refractivity contribution is 6.70. The van der Waals surface area contributed by atoms with Gasteiger partial charge in [-0.25, -0.2) is 15.0 Å². The second-order valence-corrected chi connectivity index (χ2v) is 2.91. The van der Waals surface area contributed by atoms with E-state index in [2.05, 4.69) is 20.0 Å². The highest BCUT2D eigenvalue weighted by Gasteiger charge is 2.41. The summed E-state index contributed by atoms with van der Waals surface area (Å²) in [5.41, 5.74) is 0. The molecule has 74 valence electrons. The Kier molecular flexibility index (Phi) is 1.91. The number of hydrogen-bond donors (Lipinski definition) is 0. The van der Waals surface area contributed by atoms with Crippen LogP contribution in [0.5, 0.6) is 0 Å². The molecule has 0 amide bonds. The summed E-state index contributed by atoms with van der Waals surface area (Å²) >= 11 is 5.49. The summed E-state index contributed by atoms with van der Waals surface area (Å²) < 4.78 is 36.5. The van der Waals surface area contributed by atoms with Crippen molar-refractivity contribution >= 4 is 34.8 Å². The first kappa shape index (κ1) is 9.32. The van der Waals surface area contributed by atoms with Crippen LogP contribution in [0.1, 0.15) is 0 Å². The van der Waals surface area contributed by atoms with Crippen molar-refractivity contribution in [2.45, 2.75) is 12.2 Å². The quantitative estimate of drug-likeness (QED) is 0.595. The third-order valence-electron chi connectivity index (χ3n) is 1.56. The van der Waals surface area contributed by atoms with E-state index in [4.69, 9.17) is 11.6 Å². The summed E-state index contributed by atoms with van der Waals surface area (Å²) in [7, 11) is 0. The molecular formula is C6H2ClF3N4. The fraction of sp³-hybridized carbons (Fsp3) is 0.333. The van der Waals surface area contributed by atoms with Crippen molar-refractivity contribution in [1.29, 1.82) is 0 Å². The Morgan fingerprint density at radius 2 is 2.00 bits per heavy atom. The Hall–Kier alpha value is -1.24. The Balaban J connectivity index is 2.41. The lowest BCUT2D eigenvalue weighted by molar-refractivity contribution is -0.0596. The Labute approximate surface area is 80.9 Å². The second-order valence-electron chi connectivity index (χ2n) is 2.52. The molecule has 1 unspecified atom stereocenters. The summed E-state index contributed by atoms with van der Waals surface area (Å²) in [5.74, 6) is -1.36. The summed E-state index contributed by atoms with van der Waals surface area (Å²) in [6.45, 7) is 0. The molecule has 0 aliphatic carbocycles. The van der Waals surface area contributed by atoms with Gasteiger partial charge in [-0.2, -0.15) is 13.2 Å². The molecule has 0 spiro atoms. The van der Waals surface area contributed by atoms with Crippen LogP contribution in [0.25, 0.3) is 0 Å². The smallest absolute Gasteiger partial charge is 0.255 e. The summed E-state index contributed by atoms with van der Waals surface area (Å²) in [6, 6.07) is -0.761. The van der Waals surface area contributed by atoms with Gasteiger partial charge in [0, 0.05) is 0 Å². The van der Waals surface area contributed by atoms with Gasteiger partial charge < -0.3 is 0 Å². The van der Waals surface area contributed by atoms with Gasteiger partial charge in [0.15, 0.2) is 11.9 Å². The molecule has 2 heterocycles. The molecule has 0 aromatic heterocycles. The Bertz CT molecular complexity index is 392. The van der Waals surface area contributed by atoms with Crippen molar-refractivity contribution in [3.8, 4) is 0 Å². The van der Waals surface area contributed by atoms with E-state index in [9.17, 15) is 13.2 Å². The lowest BCUT2D eigenvalue weighted by atomic mass is 10.3. The van der Waals surface area contributed by atoms with Crippen molar-refractivity contribution in [2.75, 3.05) is 0 Å². The molecule has 14 heavy (non-hydrogen) atoms. The lowest BCUT2D eigenvalue weighted by Gasteiger charge is -2.14. The third-order valence-corrected chi connectivity index (χ3v) is 1.85. The molecule has 2 aliphatic rings. The van der Waals surface area contributed by atoms with E-state index in [-0.39, 0.29) is 11.0 Å². The zero-order valence-corrected chi connectivity index (χ0v) is 7.21. The molecule has 8 heteroatoms. The number of halogens is 4. The largest absolute Gasteiger partial charge is 0.451 e. The predicted molar refractivity (Wildman–Crippen MR) is 46.5 cm³/mol. The first-order valence-electron chi connectivity index (χ1n) is 3.48. The maximum absolute atomic E-state index is 12.2. The molecular weight excluding hydrogens is 221 g/mol. The summed E-state index contributed by atoms with van der Waals surface area (Å²) in [5, 5.41) is -0.264. The highest BCUT2D eigenvalue weighted by Crippen LogP contribution is 2.23. The molecule has 0 aromatic carbocycles. The van der Waals surface area contributed by atoms with Crippen molar-refractivity contribution in [3.63, 3.8) is 0 Å². The first-order valence-corrected chi connectivity index (χ1v) is 3.85. The van der Waals surface area contributed by atoms with Crippen LogP contribution in [-0.4, -0.2) is 35.4 Å². The van der Waals surface area contributed by atoms with Crippen molar-refractivity contribution in [3.05, 3.63) is 0 Å². The summed E-state index contributed by atoms with van der Waals surface area (Å²) in [6.07, 6.45) is -3.50. The number of hydrogen-bond acceptors (Lipinski definition) is 4. The van der Waals surface area contributed by atoms with E-state index < -0.39 is 18.1 Å². The zero-order chi connectivity index (χ0) is 10.3. The fourth-order valence-electron chi connectivity index (χ4n) is 0.977. The van der Waals surface area contributed by atoms with Crippen LogP contribution in [0.3, 0.4) is 0 Å². The minimum atomic E-state index is -4.61. The van der Waals surface area contributed by atoms with E-state index in [0.717, 1.165) is 6.34 Å². The van der Waals surface area contributed by atoms with Gasteiger partial charge in [0.1, 0.15) is 11.5 Å². The zero-order valence-electron chi connectivity index (χ0n) is 6.46. The maximum Gasteiger partial charge on any atom is 0.451 e. The third kappa shape index (κ3) is 1.43. The van der Waals surface area contributed by atoms with Gasteiger partial charge in [-0.3, -0.25) is 4.99 Å². The van der Waals surface area contributed by atoms with E-state index in [1.54, 1.807) is 0 Å². The number of fused-ring (bicyclic) bond motifs is 1. The molecule has 0 radical (unpaired) electrons. The topological polar surface area (TPSA) is 49.4 Å². The number of rotatable bonds is 0. The van der Waals surface area contributed by atoms with Gasteiger partial charge in [-0.15, -0.1) is 0 Å². The van der Waals surface area contributed by atoms with Gasteiger partial charge in [0.2, 0.25) is 5.84 Å². The minimum absolute atomic E-state index is 0.0719. The Morgan fingerprint density at radius 1 is 1.29 bits per heavy atom. The van der Waals surface area contributed by atoms with Gasteiger partial charge in [-0.1, -0.05) is 11.6 Å². The monoisotopic (exact) mass is 222 g/mol. The van der Waals surface area contributed by atoms with E-state index in [0.29, 0.717) is 0 Å². The second kappa shape index (κ2) is 2.88. The van der Waals surface area contributed by atoms with Crippen LogP contribution in [-0.2, 0) is 0 Å². The average molecular weight is 223 g/mol. The fourth-order valence-corrected chi connectivity index (χ4v) is 1.21. The van der Waals surface area contributed by atoms with Gasteiger partial charge in [0.25, 0.3) is 0 Å². The Morgan fingerprint density at radius 3 is 2.64 bits per heavy atom. The van der Waals surface area contributed by atoms with Crippen molar-refractivity contribution in [1.82, 2.24) is 0 Å². The van der Waals surface area contributed by atoms with Crippen LogP contribution in [0, 0.1) is 0 Å². The SMILES string of the molecule is FC(F)(F)C1=NC2=NC=NC2C(Cl)=N1. The van der Waals surface area contributed by atoms with Gasteiger partial charge >= 0.3 is 6.18 Å². The molecule has 0 saturated carbocycles. The van der Waals surface area contributed by atoms with Gasteiger partial charge in [-0.05, 0) is 0 Å². The normalized spacial score (nSPS) is 25.4. The maximum atomic E-state index is 12.2. The van der Waals surface area contributed by atoms with Crippen molar-refractivity contribution < 1.29 is 13.2 Å². The van der Waals surface area contributed by atoms with Crippen LogP contribution < -0.4 is 0 Å². The average Bonchev–Trinajstić information content (AvgIpc) is 2.50. The lowest BCUT2D eigenvalue weighted by Crippen LogP contribution is -2.33. The van der Waals surface area contributed by atoms with E-state index >= 15 is 0 Å². The predicted octanol–water partition coefficient (Wildman–Crippen LogP) is 1.41. The van der Waals surface area contributed by atoms with E-state index in [1.165, 1.54) is 0 Å². The molecule has 2 rings (SSSR count). The van der Waals surface area contributed by atoms with Crippen molar-refractivity contribution in [2.24, 2.45) is 20.0 Å². The van der Waals surface area contributed by atoms with Gasteiger partial charge in [0.05, 0.1) is 0 Å². The number of nitrogens with zero attached hydrogens (tertiary/aromatic N) is 4. The standard InChI is InChI=1S/C6H2ClF3N4/c7-3-2-4(12-1-11-2)14-5(13-3)6(8,9)10/h1-2H. The molecule has 2 aliphatic heterocycles. The van der Waals surface area contributed by atoms with Crippen LogP contribution >= 0.6 is 11.6 Å². The number of aliphatic imine (C=N–C) groups is 4. The molecule has 4 nitrogen and oxygen atoms in total. The molecule has 0 fully saturated rings. The molecule has 0 bridgehead atoms. The number of alkyl halides is 3. The summed E-state index contributed by atoms with van der Waals surface area (Å²) in [4.78, 5) is 13.6. The first-order chi connectivity index (χ1) is 6.48.